The van der Waals surface area contributed by atoms with Crippen molar-refractivity contribution in [2.75, 3.05) is 19.7 Å². The minimum atomic E-state index is -0.743. The van der Waals surface area contributed by atoms with Gasteiger partial charge in [0.1, 0.15) is 12.0 Å². The van der Waals surface area contributed by atoms with E-state index in [9.17, 15) is 15.3 Å². The second-order valence-electron chi connectivity index (χ2n) is 5.71. The SMILES string of the molecule is CCOC(=O)N1CC=C2C(C#N)C(=N)C(C#N)=C(c3cccs3)[C@@H]2C1. The molecule has 0 aromatic carbocycles. The van der Waals surface area contributed by atoms with Crippen LogP contribution in [0.5, 0.6) is 0 Å². The molecule has 0 saturated carbocycles. The van der Waals surface area contributed by atoms with Crippen LogP contribution >= 0.6 is 11.3 Å². The Morgan fingerprint density at radius 3 is 2.92 bits per heavy atom. The van der Waals surface area contributed by atoms with Crippen molar-refractivity contribution in [1.82, 2.24) is 4.90 Å². The Morgan fingerprint density at radius 2 is 2.32 bits per heavy atom. The van der Waals surface area contributed by atoms with Gasteiger partial charge < -0.3 is 15.0 Å². The average molecular weight is 352 g/mol. The number of nitrogens with zero attached hydrogens (tertiary/aromatic N) is 3. The van der Waals surface area contributed by atoms with E-state index in [4.69, 9.17) is 10.1 Å². The van der Waals surface area contributed by atoms with Crippen LogP contribution in [0.1, 0.15) is 11.8 Å². The summed E-state index contributed by atoms with van der Waals surface area (Å²) < 4.78 is 5.09. The lowest BCUT2D eigenvalue weighted by Crippen LogP contribution is -2.44. The number of fused-ring (bicyclic) bond motifs is 1. The molecule has 1 aromatic heterocycles. The van der Waals surface area contributed by atoms with Crippen LogP contribution in [0.25, 0.3) is 5.57 Å². The predicted octanol–water partition coefficient (Wildman–Crippen LogP) is 3.21. The summed E-state index contributed by atoms with van der Waals surface area (Å²) in [4.78, 5) is 14.6. The van der Waals surface area contributed by atoms with Crippen molar-refractivity contribution in [3.63, 3.8) is 0 Å². The maximum absolute atomic E-state index is 12.1. The highest BCUT2D eigenvalue weighted by molar-refractivity contribution is 7.11. The van der Waals surface area contributed by atoms with Gasteiger partial charge in [-0.2, -0.15) is 10.5 Å². The molecule has 3 rings (SSSR count). The third kappa shape index (κ3) is 2.84. The van der Waals surface area contributed by atoms with Crippen LogP contribution in [0.2, 0.25) is 0 Å². The first-order valence-electron chi connectivity index (χ1n) is 7.90. The van der Waals surface area contributed by atoms with Crippen LogP contribution in [0.4, 0.5) is 4.79 Å². The zero-order valence-corrected chi connectivity index (χ0v) is 14.5. The molecule has 2 heterocycles. The Bertz CT molecular complexity index is 855. The van der Waals surface area contributed by atoms with Crippen LogP contribution in [0.3, 0.4) is 0 Å². The van der Waals surface area contributed by atoms with Crippen molar-refractivity contribution in [1.29, 1.82) is 15.9 Å². The number of nitrogens with one attached hydrogen (secondary N) is 1. The number of nitriles is 2. The minimum Gasteiger partial charge on any atom is -0.450 e. The fourth-order valence-corrected chi connectivity index (χ4v) is 4.15. The number of rotatable bonds is 2. The minimum absolute atomic E-state index is 0.0421. The van der Waals surface area contributed by atoms with Crippen molar-refractivity contribution in [3.8, 4) is 12.1 Å². The van der Waals surface area contributed by atoms with Gasteiger partial charge in [0, 0.05) is 23.9 Å². The van der Waals surface area contributed by atoms with E-state index in [1.165, 1.54) is 11.3 Å². The van der Waals surface area contributed by atoms with Crippen molar-refractivity contribution >= 4 is 28.7 Å². The molecule has 25 heavy (non-hydrogen) atoms. The Kier molecular flexibility index (Phi) is 4.69. The monoisotopic (exact) mass is 352 g/mol. The lowest BCUT2D eigenvalue weighted by Gasteiger charge is -2.38. The highest BCUT2D eigenvalue weighted by Gasteiger charge is 2.41. The molecule has 2 atom stereocenters. The van der Waals surface area contributed by atoms with Gasteiger partial charge in [0.25, 0.3) is 0 Å². The largest absolute Gasteiger partial charge is 0.450 e. The second kappa shape index (κ2) is 6.92. The van der Waals surface area contributed by atoms with Crippen molar-refractivity contribution < 1.29 is 9.53 Å². The standard InChI is InChI=1S/C18H16N4O2S/c1-2-24-18(23)22-6-5-11-12(8-19)17(21)13(9-20)16(14(11)10-22)15-4-3-7-25-15/h3-5,7,12,14,21H,2,6,10H2,1H3/t12?,14-/m1/s1. The summed E-state index contributed by atoms with van der Waals surface area (Å²) in [5.74, 6) is -1.02. The summed E-state index contributed by atoms with van der Waals surface area (Å²) in [5, 5.41) is 29.4. The molecule has 0 fully saturated rings. The number of carbonyl (C=O) groups excluding carboxylic acids is 1. The molecule has 0 radical (unpaired) electrons. The molecule has 126 valence electrons. The molecular formula is C18H16N4O2S. The lowest BCUT2D eigenvalue weighted by molar-refractivity contribution is 0.107. The first-order chi connectivity index (χ1) is 12.1. The Labute approximate surface area is 149 Å². The molecule has 1 amide bonds. The van der Waals surface area contributed by atoms with Gasteiger partial charge in [0.05, 0.1) is 24.0 Å². The fourth-order valence-electron chi connectivity index (χ4n) is 3.32. The van der Waals surface area contributed by atoms with Gasteiger partial charge in [0.2, 0.25) is 0 Å². The first-order valence-corrected chi connectivity index (χ1v) is 8.78. The smallest absolute Gasteiger partial charge is 0.410 e. The zero-order valence-electron chi connectivity index (χ0n) is 13.7. The fraction of sp³-hybridized carbons (Fsp3) is 0.333. The molecule has 0 saturated heterocycles. The summed E-state index contributed by atoms with van der Waals surface area (Å²) >= 11 is 1.48. The van der Waals surface area contributed by atoms with Gasteiger partial charge in [-0.1, -0.05) is 12.1 Å². The number of ether oxygens (including phenoxy) is 1. The van der Waals surface area contributed by atoms with Gasteiger partial charge in [-0.25, -0.2) is 4.79 Å². The Balaban J connectivity index is 2.11. The van der Waals surface area contributed by atoms with E-state index in [2.05, 4.69) is 12.1 Å². The number of carbonyl (C=O) groups is 1. The van der Waals surface area contributed by atoms with Crippen LogP contribution in [0.15, 0.2) is 34.7 Å². The summed E-state index contributed by atoms with van der Waals surface area (Å²) in [5.41, 5.74) is 1.81. The molecule has 0 bridgehead atoms. The van der Waals surface area contributed by atoms with E-state index in [1.54, 1.807) is 11.8 Å². The van der Waals surface area contributed by atoms with Crippen LogP contribution in [0, 0.1) is 39.9 Å². The Hall–Kier alpha value is -2.90. The first kappa shape index (κ1) is 16.9. The van der Waals surface area contributed by atoms with Gasteiger partial charge in [-0.05, 0) is 29.5 Å². The molecule has 7 heteroatoms. The summed E-state index contributed by atoms with van der Waals surface area (Å²) in [6.45, 7) is 2.73. The van der Waals surface area contributed by atoms with E-state index < -0.39 is 12.0 Å². The van der Waals surface area contributed by atoms with Crippen LogP contribution in [-0.4, -0.2) is 36.4 Å². The van der Waals surface area contributed by atoms with Crippen LogP contribution < -0.4 is 0 Å². The molecule has 1 unspecified atom stereocenters. The normalized spacial score (nSPS) is 22.6. The number of hydrogen-bond donors (Lipinski definition) is 1. The van der Waals surface area contributed by atoms with Gasteiger partial charge >= 0.3 is 6.09 Å². The zero-order chi connectivity index (χ0) is 18.0. The molecule has 1 aromatic rings. The summed E-state index contributed by atoms with van der Waals surface area (Å²) in [6.07, 6.45) is 1.42. The molecule has 1 aliphatic carbocycles. The van der Waals surface area contributed by atoms with E-state index in [0.717, 1.165) is 16.0 Å². The van der Waals surface area contributed by atoms with E-state index >= 15 is 0 Å². The number of thiophene rings is 1. The maximum atomic E-state index is 12.1. The average Bonchev–Trinajstić information content (AvgIpc) is 3.14. The maximum Gasteiger partial charge on any atom is 0.410 e. The van der Waals surface area contributed by atoms with Gasteiger partial charge in [-0.3, -0.25) is 0 Å². The van der Waals surface area contributed by atoms with E-state index in [-0.39, 0.29) is 17.2 Å². The van der Waals surface area contributed by atoms with Crippen molar-refractivity contribution in [3.05, 3.63) is 39.6 Å². The van der Waals surface area contributed by atoms with Gasteiger partial charge in [-0.15, -0.1) is 11.3 Å². The summed E-state index contributed by atoms with van der Waals surface area (Å²) in [6, 6.07) is 8.04. The number of amides is 1. The highest BCUT2D eigenvalue weighted by Crippen LogP contribution is 2.44. The topological polar surface area (TPSA) is 101 Å². The predicted molar refractivity (Wildman–Crippen MR) is 93.8 cm³/mol. The lowest BCUT2D eigenvalue weighted by atomic mass is 9.70. The van der Waals surface area contributed by atoms with Crippen LogP contribution in [-0.2, 0) is 4.74 Å². The third-order valence-corrected chi connectivity index (χ3v) is 5.32. The molecule has 0 spiro atoms. The summed E-state index contributed by atoms with van der Waals surface area (Å²) in [7, 11) is 0. The Morgan fingerprint density at radius 1 is 1.52 bits per heavy atom. The van der Waals surface area contributed by atoms with Gasteiger partial charge in [0.15, 0.2) is 0 Å². The number of allylic oxidation sites excluding steroid dienone is 1. The third-order valence-electron chi connectivity index (χ3n) is 4.42. The van der Waals surface area contributed by atoms with Crippen molar-refractivity contribution in [2.45, 2.75) is 6.92 Å². The molecule has 1 aliphatic heterocycles. The van der Waals surface area contributed by atoms with E-state index in [0.29, 0.717) is 19.7 Å². The molecule has 2 aliphatic rings. The highest BCUT2D eigenvalue weighted by atomic mass is 32.1. The number of hydrogen-bond acceptors (Lipinski definition) is 6. The molecule has 1 N–H and O–H groups in total. The van der Waals surface area contributed by atoms with E-state index in [1.807, 2.05) is 23.6 Å². The quantitative estimate of drug-likeness (QED) is 0.826. The molecule has 6 nitrogen and oxygen atoms in total. The molecular weight excluding hydrogens is 336 g/mol. The van der Waals surface area contributed by atoms with Crippen molar-refractivity contribution in [2.24, 2.45) is 11.8 Å². The second-order valence-corrected chi connectivity index (χ2v) is 6.66.